The van der Waals surface area contributed by atoms with Gasteiger partial charge in [-0.15, -0.1) is 0 Å². The van der Waals surface area contributed by atoms with E-state index >= 15 is 0 Å². The van der Waals surface area contributed by atoms with Gasteiger partial charge in [0.1, 0.15) is 0 Å². The fraction of sp³-hybridized carbons (Fsp3) is 0.294. The van der Waals surface area contributed by atoms with E-state index in [1.807, 2.05) is 31.8 Å². The molecule has 4 aromatic carbocycles. The summed E-state index contributed by atoms with van der Waals surface area (Å²) in [5.74, 6) is 0. The van der Waals surface area contributed by atoms with Crippen molar-refractivity contribution in [3.05, 3.63) is 77.5 Å². The summed E-state index contributed by atoms with van der Waals surface area (Å²) in [6.07, 6.45) is 3.73. The predicted octanol–water partition coefficient (Wildman–Crippen LogP) is 9.66. The Hall–Kier alpha value is -3.35. The van der Waals surface area contributed by atoms with Crippen LogP contribution in [-0.2, 0) is 12.8 Å². The minimum Gasteiger partial charge on any atom is -0.255 e. The normalized spacial score (nSPS) is 13.2. The molecule has 1 aliphatic rings. The Morgan fingerprint density at radius 2 is 1.62 bits per heavy atom. The van der Waals surface area contributed by atoms with Crippen molar-refractivity contribution < 1.29 is 0 Å². The quantitative estimate of drug-likeness (QED) is 0.227. The summed E-state index contributed by atoms with van der Waals surface area (Å²) in [7, 11) is 0. The second-order valence-corrected chi connectivity index (χ2v) is 13.4. The molecule has 6 rings (SSSR count). The number of aromatic nitrogens is 1. The number of hydrogen-bond acceptors (Lipinski definition) is 3. The summed E-state index contributed by atoms with van der Waals surface area (Å²) in [6, 6.07) is 22.5. The molecule has 0 atom stereocenters. The monoisotopic (exact) mass is 500 g/mol. The number of rotatable bonds is 3. The number of aryl methyl sites for hydroxylation is 1. The van der Waals surface area contributed by atoms with Gasteiger partial charge in [-0.05, 0) is 94.8 Å². The summed E-state index contributed by atoms with van der Waals surface area (Å²) in [6.45, 7) is 13.3. The molecule has 2 nitrogen and oxygen atoms in total. The summed E-state index contributed by atoms with van der Waals surface area (Å²) in [4.78, 5) is 7.66. The zero-order valence-corrected chi connectivity index (χ0v) is 23.3. The first-order valence-corrected chi connectivity index (χ1v) is 13.9. The number of nitriles is 1. The van der Waals surface area contributed by atoms with Crippen LogP contribution in [0.15, 0.2) is 70.6 Å². The minimum absolute atomic E-state index is 0.165. The fourth-order valence-electron chi connectivity index (χ4n) is 5.92. The van der Waals surface area contributed by atoms with Crippen molar-refractivity contribution in [2.45, 2.75) is 64.2 Å². The molecule has 0 aliphatic carbocycles. The lowest BCUT2D eigenvalue weighted by Gasteiger charge is -2.29. The Labute approximate surface area is 223 Å². The number of nitrogens with zero attached hydrogens (tertiary/aromatic N) is 2. The van der Waals surface area contributed by atoms with Gasteiger partial charge < -0.3 is 0 Å². The molecule has 0 radical (unpaired) electrons. The number of fused-ring (bicyclic) bond motifs is 5. The first kappa shape index (κ1) is 24.0. The largest absolute Gasteiger partial charge is 0.255 e. The molecule has 5 aromatic rings. The molecule has 0 amide bonds. The third-order valence-electron chi connectivity index (χ3n) is 7.53. The Balaban J connectivity index is 1.66. The van der Waals surface area contributed by atoms with Crippen LogP contribution in [-0.4, -0.2) is 4.98 Å². The Kier molecular flexibility index (Phi) is 5.41. The van der Waals surface area contributed by atoms with Crippen LogP contribution in [0.2, 0.25) is 0 Å². The van der Waals surface area contributed by atoms with E-state index in [2.05, 4.69) is 88.4 Å². The molecule has 2 heterocycles. The van der Waals surface area contributed by atoms with E-state index in [-0.39, 0.29) is 10.8 Å². The number of pyridine rings is 1. The van der Waals surface area contributed by atoms with Gasteiger partial charge in [-0.25, -0.2) is 0 Å². The van der Waals surface area contributed by atoms with Gasteiger partial charge in [-0.2, -0.15) is 5.26 Å². The van der Waals surface area contributed by atoms with E-state index in [0.29, 0.717) is 0 Å². The van der Waals surface area contributed by atoms with Crippen LogP contribution in [0, 0.1) is 29.1 Å². The molecule has 37 heavy (non-hydrogen) atoms. The summed E-state index contributed by atoms with van der Waals surface area (Å²) in [5.41, 5.74) is 6.14. The molecule has 1 aromatic heterocycles. The summed E-state index contributed by atoms with van der Waals surface area (Å²) in [5, 5.41) is 17.3. The van der Waals surface area contributed by atoms with Gasteiger partial charge >= 0.3 is 0 Å². The van der Waals surface area contributed by atoms with Crippen LogP contribution in [0.25, 0.3) is 43.6 Å². The molecule has 0 N–H and O–H groups in total. The molecule has 0 saturated carbocycles. The average molecular weight is 501 g/mol. The van der Waals surface area contributed by atoms with Gasteiger partial charge in [-0.1, -0.05) is 75.0 Å². The molecule has 0 fully saturated rings. The van der Waals surface area contributed by atoms with Gasteiger partial charge in [-0.3, -0.25) is 4.98 Å². The molecule has 0 saturated heterocycles. The first-order valence-electron chi connectivity index (χ1n) is 13.0. The van der Waals surface area contributed by atoms with E-state index in [0.717, 1.165) is 18.5 Å². The van der Waals surface area contributed by atoms with Gasteiger partial charge in [0.2, 0.25) is 0 Å². The van der Waals surface area contributed by atoms with Crippen LogP contribution in [0.3, 0.4) is 0 Å². The van der Waals surface area contributed by atoms with Gasteiger partial charge in [0, 0.05) is 26.9 Å². The molecular formula is C34H32N2S. The van der Waals surface area contributed by atoms with Crippen LogP contribution in [0.5, 0.6) is 0 Å². The Morgan fingerprint density at radius 3 is 2.35 bits per heavy atom. The topological polar surface area (TPSA) is 36.7 Å². The zero-order chi connectivity index (χ0) is 26.1. The van der Waals surface area contributed by atoms with E-state index < -0.39 is 0 Å². The van der Waals surface area contributed by atoms with Crippen LogP contribution >= 0.6 is 11.8 Å². The molecule has 184 valence electrons. The molecule has 0 bridgehead atoms. The molecule has 0 unspecified atom stereocenters. The van der Waals surface area contributed by atoms with Gasteiger partial charge in [0.05, 0.1) is 17.2 Å². The maximum absolute atomic E-state index is 9.57. The molecule has 1 aliphatic heterocycles. The third-order valence-corrected chi connectivity index (χ3v) is 8.72. The lowest BCUT2D eigenvalue weighted by molar-refractivity contribution is 0.410. The standard InChI is InChI=1S/C34H32N2S/c1-20-23-9-7-8-10-25(23)27(18-33(2,3)4)32-29(20)31-30-26(13-14-36-31)24-12-11-21(17-34(5,6)19-35)15-22(24)16-28(30)37-32/h7-16H,17-18H2,1-6H3. The highest BCUT2D eigenvalue weighted by Crippen LogP contribution is 2.53. The van der Waals surface area contributed by atoms with Gasteiger partial charge in [0.25, 0.3) is 0 Å². The first-order chi connectivity index (χ1) is 17.6. The van der Waals surface area contributed by atoms with E-state index in [4.69, 9.17) is 4.98 Å². The highest BCUT2D eigenvalue weighted by molar-refractivity contribution is 8.00. The van der Waals surface area contributed by atoms with Crippen molar-refractivity contribution in [2.75, 3.05) is 0 Å². The van der Waals surface area contributed by atoms with Crippen LogP contribution < -0.4 is 0 Å². The minimum atomic E-state index is -0.385. The third kappa shape index (κ3) is 3.99. The predicted molar refractivity (Wildman–Crippen MR) is 157 cm³/mol. The van der Waals surface area contributed by atoms with Crippen molar-refractivity contribution in [1.29, 1.82) is 5.26 Å². The second kappa shape index (κ2) is 8.33. The zero-order valence-electron chi connectivity index (χ0n) is 22.5. The maximum atomic E-state index is 9.57. The molecule has 0 spiro atoms. The Bertz CT molecular complexity index is 1780. The fourth-order valence-corrected chi connectivity index (χ4v) is 7.29. The smallest absolute Gasteiger partial charge is 0.0806 e. The van der Waals surface area contributed by atoms with Gasteiger partial charge in [0.15, 0.2) is 0 Å². The van der Waals surface area contributed by atoms with Crippen molar-refractivity contribution in [2.24, 2.45) is 10.8 Å². The molecular weight excluding hydrogens is 468 g/mol. The average Bonchev–Trinajstić information content (AvgIpc) is 2.85. The highest BCUT2D eigenvalue weighted by Gasteiger charge is 2.29. The van der Waals surface area contributed by atoms with E-state index in [9.17, 15) is 5.26 Å². The second-order valence-electron chi connectivity index (χ2n) is 12.4. The van der Waals surface area contributed by atoms with Crippen molar-refractivity contribution in [3.63, 3.8) is 0 Å². The number of hydrogen-bond donors (Lipinski definition) is 0. The number of benzene rings is 4. The summed E-state index contributed by atoms with van der Waals surface area (Å²) < 4.78 is 0. The lowest BCUT2D eigenvalue weighted by atomic mass is 9.83. The highest BCUT2D eigenvalue weighted by atomic mass is 32.2. The van der Waals surface area contributed by atoms with Crippen LogP contribution in [0.1, 0.15) is 51.3 Å². The lowest BCUT2D eigenvalue weighted by Crippen LogP contribution is -2.12. The SMILES string of the molecule is Cc1c2c(c(CC(C)(C)C)c3ccccc13)Sc1cc3cc(CC(C)(C)C#N)ccc3c3ccnc-2c13. The molecule has 3 heteroatoms. The van der Waals surface area contributed by atoms with E-state index in [1.54, 1.807) is 0 Å². The van der Waals surface area contributed by atoms with Crippen molar-refractivity contribution in [1.82, 2.24) is 4.98 Å². The van der Waals surface area contributed by atoms with Crippen molar-refractivity contribution in [3.8, 4) is 17.3 Å². The maximum Gasteiger partial charge on any atom is 0.0806 e. The van der Waals surface area contributed by atoms with Crippen LogP contribution in [0.4, 0.5) is 0 Å². The van der Waals surface area contributed by atoms with E-state index in [1.165, 1.54) is 64.4 Å². The summed E-state index contributed by atoms with van der Waals surface area (Å²) >= 11 is 1.92. The Morgan fingerprint density at radius 1 is 0.865 bits per heavy atom. The van der Waals surface area contributed by atoms with Crippen molar-refractivity contribution >= 4 is 44.1 Å².